The molecule has 0 saturated carbocycles. The number of carbonyl (C=O) groups excluding carboxylic acids is 3. The van der Waals surface area contributed by atoms with E-state index >= 15 is 0 Å². The molecule has 162 valence electrons. The Hall–Kier alpha value is -1.76. The standard InChI is InChI=1S/C21H39N3O4/c1-8-9-10-11-17(25)23-18(14(4)5)20(27)24-21(28)22-16(12-13(2)3)19(26)15(6)7/h13-15,18,20,27H,8-12H2,1-7H3,(H,23,25)(H,24,28). The number of Topliss-reactive ketones (excluding diaryl/α,β-unsaturated/α-hetero) is 1. The number of rotatable bonds is 12. The van der Waals surface area contributed by atoms with Crippen molar-refractivity contribution in [1.82, 2.24) is 10.6 Å². The molecule has 2 unspecified atom stereocenters. The molecule has 0 aromatic heterocycles. The van der Waals surface area contributed by atoms with Gasteiger partial charge in [0.05, 0.1) is 11.8 Å². The summed E-state index contributed by atoms with van der Waals surface area (Å²) < 4.78 is 0. The highest BCUT2D eigenvalue weighted by molar-refractivity contribution is 6.41. The molecule has 0 aliphatic heterocycles. The maximum atomic E-state index is 12.3. The van der Waals surface area contributed by atoms with E-state index in [0.717, 1.165) is 19.3 Å². The van der Waals surface area contributed by atoms with E-state index in [-0.39, 0.29) is 35.2 Å². The van der Waals surface area contributed by atoms with Crippen LogP contribution < -0.4 is 10.6 Å². The van der Waals surface area contributed by atoms with Crippen molar-refractivity contribution in [2.75, 3.05) is 0 Å². The second kappa shape index (κ2) is 13.4. The maximum Gasteiger partial charge on any atom is 0.343 e. The summed E-state index contributed by atoms with van der Waals surface area (Å²) in [6.07, 6.45) is 2.26. The molecule has 0 aliphatic rings. The number of nitrogens with one attached hydrogen (secondary N) is 2. The number of hydrogen-bond acceptors (Lipinski definition) is 4. The zero-order valence-electron chi connectivity index (χ0n) is 18.5. The van der Waals surface area contributed by atoms with Gasteiger partial charge in [0.25, 0.3) is 0 Å². The number of unbranched alkanes of at least 4 members (excludes halogenated alkanes) is 2. The highest BCUT2D eigenvalue weighted by atomic mass is 16.3. The van der Waals surface area contributed by atoms with Gasteiger partial charge >= 0.3 is 6.03 Å². The van der Waals surface area contributed by atoms with Crippen LogP contribution in [0.5, 0.6) is 0 Å². The van der Waals surface area contributed by atoms with Crippen LogP contribution in [0.25, 0.3) is 0 Å². The van der Waals surface area contributed by atoms with E-state index in [1.165, 1.54) is 0 Å². The Morgan fingerprint density at radius 3 is 2.04 bits per heavy atom. The van der Waals surface area contributed by atoms with Crippen LogP contribution in [-0.4, -0.2) is 40.8 Å². The molecule has 0 heterocycles. The van der Waals surface area contributed by atoms with Crippen molar-refractivity contribution in [2.24, 2.45) is 22.7 Å². The lowest BCUT2D eigenvalue weighted by atomic mass is 9.97. The van der Waals surface area contributed by atoms with Crippen LogP contribution in [0.4, 0.5) is 4.79 Å². The first kappa shape index (κ1) is 26.2. The van der Waals surface area contributed by atoms with Crippen molar-refractivity contribution in [1.29, 1.82) is 0 Å². The number of aliphatic hydroxyl groups excluding tert-OH is 1. The predicted molar refractivity (Wildman–Crippen MR) is 112 cm³/mol. The molecule has 0 aliphatic carbocycles. The molecule has 0 saturated heterocycles. The van der Waals surface area contributed by atoms with E-state index in [4.69, 9.17) is 0 Å². The summed E-state index contributed by atoms with van der Waals surface area (Å²) in [4.78, 5) is 40.5. The van der Waals surface area contributed by atoms with Crippen molar-refractivity contribution in [2.45, 2.75) is 92.8 Å². The minimum absolute atomic E-state index is 0.0955. The third-order valence-corrected chi connectivity index (χ3v) is 4.31. The second-order valence-electron chi connectivity index (χ2n) is 8.36. The zero-order chi connectivity index (χ0) is 21.9. The largest absolute Gasteiger partial charge is 0.371 e. The number of hydrogen-bond donors (Lipinski definition) is 3. The second-order valence-corrected chi connectivity index (χ2v) is 8.36. The number of aliphatic imine (C=N–C) groups is 1. The van der Waals surface area contributed by atoms with Crippen LogP contribution in [-0.2, 0) is 9.59 Å². The number of carbonyl (C=O) groups is 3. The summed E-state index contributed by atoms with van der Waals surface area (Å²) in [7, 11) is 0. The van der Waals surface area contributed by atoms with Crippen molar-refractivity contribution in [3.8, 4) is 0 Å². The highest BCUT2D eigenvalue weighted by Crippen LogP contribution is 2.10. The summed E-state index contributed by atoms with van der Waals surface area (Å²) in [5.74, 6) is -0.518. The topological polar surface area (TPSA) is 108 Å². The molecule has 3 N–H and O–H groups in total. The van der Waals surface area contributed by atoms with Gasteiger partial charge in [-0.15, -0.1) is 0 Å². The van der Waals surface area contributed by atoms with Crippen LogP contribution in [0.3, 0.4) is 0 Å². The van der Waals surface area contributed by atoms with Crippen molar-refractivity contribution in [3.05, 3.63) is 0 Å². The van der Waals surface area contributed by atoms with E-state index in [1.54, 1.807) is 13.8 Å². The minimum atomic E-state index is -1.29. The van der Waals surface area contributed by atoms with Crippen molar-refractivity contribution in [3.63, 3.8) is 0 Å². The quantitative estimate of drug-likeness (QED) is 0.266. The predicted octanol–water partition coefficient (Wildman–Crippen LogP) is 3.45. The van der Waals surface area contributed by atoms with E-state index in [1.807, 2.05) is 27.7 Å². The van der Waals surface area contributed by atoms with Crippen molar-refractivity contribution < 1.29 is 19.5 Å². The minimum Gasteiger partial charge on any atom is -0.371 e. The van der Waals surface area contributed by atoms with E-state index in [9.17, 15) is 19.5 Å². The molecule has 0 bridgehead atoms. The molecule has 0 rings (SSSR count). The molecule has 0 radical (unpaired) electrons. The molecule has 0 fully saturated rings. The molecular formula is C21H39N3O4. The highest BCUT2D eigenvalue weighted by Gasteiger charge is 2.26. The Bertz CT molecular complexity index is 542. The van der Waals surface area contributed by atoms with Gasteiger partial charge < -0.3 is 15.7 Å². The van der Waals surface area contributed by atoms with E-state index in [0.29, 0.717) is 12.8 Å². The SMILES string of the molecule is CCCCCC(=O)NC(C(C)C)C(O)NC(=O)N=C(CC(C)C)C(=O)C(C)C. The molecule has 3 amide bonds. The Balaban J connectivity index is 5.07. The van der Waals surface area contributed by atoms with Gasteiger partial charge in [0.2, 0.25) is 5.91 Å². The smallest absolute Gasteiger partial charge is 0.343 e. The first-order chi connectivity index (χ1) is 13.0. The Labute approximate surface area is 169 Å². The Kier molecular flexibility index (Phi) is 12.6. The van der Waals surface area contributed by atoms with Crippen LogP contribution in [0.15, 0.2) is 4.99 Å². The number of nitrogens with zero attached hydrogens (tertiary/aromatic N) is 1. The monoisotopic (exact) mass is 397 g/mol. The average Bonchev–Trinajstić information content (AvgIpc) is 2.57. The summed E-state index contributed by atoms with van der Waals surface area (Å²) in [5.41, 5.74) is 0.208. The van der Waals surface area contributed by atoms with Gasteiger partial charge in [-0.05, 0) is 24.7 Å². The molecule has 28 heavy (non-hydrogen) atoms. The third-order valence-electron chi connectivity index (χ3n) is 4.31. The molecule has 2 atom stereocenters. The van der Waals surface area contributed by atoms with Crippen LogP contribution in [0, 0.1) is 17.8 Å². The summed E-state index contributed by atoms with van der Waals surface area (Å²) in [6, 6.07) is -1.41. The van der Waals surface area contributed by atoms with Crippen LogP contribution in [0.1, 0.15) is 80.6 Å². The third kappa shape index (κ3) is 10.5. The van der Waals surface area contributed by atoms with Crippen LogP contribution >= 0.6 is 0 Å². The lowest BCUT2D eigenvalue weighted by Gasteiger charge is -2.27. The van der Waals surface area contributed by atoms with E-state index < -0.39 is 18.3 Å². The van der Waals surface area contributed by atoms with Gasteiger partial charge in [-0.3, -0.25) is 9.59 Å². The van der Waals surface area contributed by atoms with Gasteiger partial charge in [0, 0.05) is 12.3 Å². The van der Waals surface area contributed by atoms with Gasteiger partial charge in [0.1, 0.15) is 6.23 Å². The number of urea groups is 1. The fraction of sp³-hybridized carbons (Fsp3) is 0.810. The number of aliphatic hydroxyl groups is 1. The summed E-state index contributed by atoms with van der Waals surface area (Å²) >= 11 is 0. The molecular weight excluding hydrogens is 358 g/mol. The fourth-order valence-electron chi connectivity index (χ4n) is 2.70. The van der Waals surface area contributed by atoms with Crippen molar-refractivity contribution >= 4 is 23.4 Å². The lowest BCUT2D eigenvalue weighted by Crippen LogP contribution is -2.53. The molecule has 7 heteroatoms. The first-order valence-electron chi connectivity index (χ1n) is 10.4. The molecule has 7 nitrogen and oxygen atoms in total. The van der Waals surface area contributed by atoms with Gasteiger partial charge in [-0.25, -0.2) is 4.79 Å². The summed E-state index contributed by atoms with van der Waals surface area (Å²) in [5, 5.41) is 15.6. The Morgan fingerprint density at radius 1 is 0.964 bits per heavy atom. The molecule has 0 aromatic rings. The van der Waals surface area contributed by atoms with E-state index in [2.05, 4.69) is 22.5 Å². The molecule has 0 aromatic carbocycles. The van der Waals surface area contributed by atoms with Gasteiger partial charge in [-0.1, -0.05) is 61.3 Å². The Morgan fingerprint density at radius 2 is 1.57 bits per heavy atom. The summed E-state index contributed by atoms with van der Waals surface area (Å²) in [6.45, 7) is 13.2. The number of amides is 3. The zero-order valence-corrected chi connectivity index (χ0v) is 18.5. The molecule has 0 spiro atoms. The van der Waals surface area contributed by atoms with Gasteiger partial charge in [-0.2, -0.15) is 4.99 Å². The lowest BCUT2D eigenvalue weighted by molar-refractivity contribution is -0.123. The maximum absolute atomic E-state index is 12.3. The fourth-order valence-corrected chi connectivity index (χ4v) is 2.70. The average molecular weight is 398 g/mol. The van der Waals surface area contributed by atoms with Gasteiger partial charge in [0.15, 0.2) is 5.78 Å². The number of ketones is 1. The van der Waals surface area contributed by atoms with Crippen LogP contribution in [0.2, 0.25) is 0 Å². The first-order valence-corrected chi connectivity index (χ1v) is 10.4. The normalized spacial score (nSPS) is 14.3.